The molecule has 3 rings (SSSR count). The fourth-order valence-corrected chi connectivity index (χ4v) is 2.84. The third-order valence-corrected chi connectivity index (χ3v) is 3.95. The fraction of sp³-hybridized carbons (Fsp3) is 0.158. The summed E-state index contributed by atoms with van der Waals surface area (Å²) >= 11 is 0. The van der Waals surface area contributed by atoms with Gasteiger partial charge in [-0.2, -0.15) is 0 Å². The first kappa shape index (κ1) is 16.6. The van der Waals surface area contributed by atoms with Crippen LogP contribution < -0.4 is 19.5 Å². The predicted octanol–water partition coefficient (Wildman–Crippen LogP) is 2.28. The van der Waals surface area contributed by atoms with Crippen LogP contribution in [0.5, 0.6) is 17.2 Å². The highest BCUT2D eigenvalue weighted by molar-refractivity contribution is 6.49. The molecule has 0 bridgehead atoms. The Bertz CT molecular complexity index is 846. The van der Waals surface area contributed by atoms with Crippen LogP contribution in [0.1, 0.15) is 11.1 Å². The highest BCUT2D eigenvalue weighted by atomic mass is 16.5. The van der Waals surface area contributed by atoms with E-state index in [0.29, 0.717) is 33.9 Å². The summed E-state index contributed by atoms with van der Waals surface area (Å²) < 4.78 is 16.0. The van der Waals surface area contributed by atoms with Crippen molar-refractivity contribution in [1.29, 1.82) is 0 Å². The minimum Gasteiger partial charge on any atom is -0.493 e. The van der Waals surface area contributed by atoms with Crippen LogP contribution in [-0.2, 0) is 9.59 Å². The number of ether oxygens (including phenoxy) is 3. The lowest BCUT2D eigenvalue weighted by atomic mass is 9.96. The fourth-order valence-electron chi connectivity index (χ4n) is 2.84. The van der Waals surface area contributed by atoms with Gasteiger partial charge in [-0.05, 0) is 23.3 Å². The van der Waals surface area contributed by atoms with Crippen molar-refractivity contribution in [3.63, 3.8) is 0 Å². The van der Waals surface area contributed by atoms with Gasteiger partial charge in [-0.25, -0.2) is 0 Å². The molecule has 128 valence electrons. The quantitative estimate of drug-likeness (QED) is 0.846. The van der Waals surface area contributed by atoms with Gasteiger partial charge in [-0.15, -0.1) is 0 Å². The Morgan fingerprint density at radius 3 is 1.72 bits per heavy atom. The Morgan fingerprint density at radius 1 is 0.720 bits per heavy atom. The summed E-state index contributed by atoms with van der Waals surface area (Å²) in [5.74, 6) is 0.339. The first-order valence-corrected chi connectivity index (χ1v) is 7.56. The van der Waals surface area contributed by atoms with Gasteiger partial charge in [-0.3, -0.25) is 14.9 Å². The molecule has 25 heavy (non-hydrogen) atoms. The summed E-state index contributed by atoms with van der Waals surface area (Å²) in [6.07, 6.45) is 0. The zero-order chi connectivity index (χ0) is 18.0. The molecular formula is C19H17NO5. The average Bonchev–Trinajstić information content (AvgIpc) is 2.94. The molecule has 0 spiro atoms. The highest BCUT2D eigenvalue weighted by Crippen LogP contribution is 2.42. The molecule has 0 aromatic heterocycles. The van der Waals surface area contributed by atoms with Crippen LogP contribution in [0.4, 0.5) is 0 Å². The number of hydrogen-bond donors (Lipinski definition) is 1. The summed E-state index contributed by atoms with van der Waals surface area (Å²) in [7, 11) is 4.49. The predicted molar refractivity (Wildman–Crippen MR) is 92.5 cm³/mol. The average molecular weight is 339 g/mol. The second-order valence-corrected chi connectivity index (χ2v) is 5.31. The molecule has 6 heteroatoms. The van der Waals surface area contributed by atoms with Gasteiger partial charge in [0.05, 0.1) is 32.5 Å². The number of imide groups is 1. The van der Waals surface area contributed by atoms with Crippen molar-refractivity contribution in [3.8, 4) is 17.2 Å². The third kappa shape index (κ3) is 2.82. The van der Waals surface area contributed by atoms with Crippen LogP contribution in [0.15, 0.2) is 42.5 Å². The summed E-state index contributed by atoms with van der Waals surface area (Å²) in [6.45, 7) is 0. The van der Waals surface area contributed by atoms with E-state index in [4.69, 9.17) is 14.2 Å². The molecule has 0 radical (unpaired) electrons. The molecule has 6 nitrogen and oxygen atoms in total. The molecule has 2 aromatic rings. The maximum atomic E-state index is 12.4. The van der Waals surface area contributed by atoms with Crippen molar-refractivity contribution < 1.29 is 23.8 Å². The number of hydrogen-bond acceptors (Lipinski definition) is 5. The molecule has 1 aliphatic rings. The molecule has 0 fully saturated rings. The summed E-state index contributed by atoms with van der Waals surface area (Å²) in [4.78, 5) is 24.7. The smallest absolute Gasteiger partial charge is 0.259 e. The Morgan fingerprint density at radius 2 is 1.24 bits per heavy atom. The van der Waals surface area contributed by atoms with E-state index in [1.165, 1.54) is 21.3 Å². The number of amides is 2. The normalized spacial score (nSPS) is 13.7. The maximum absolute atomic E-state index is 12.4. The van der Waals surface area contributed by atoms with Crippen molar-refractivity contribution in [2.75, 3.05) is 21.3 Å². The molecule has 2 amide bonds. The lowest BCUT2D eigenvalue weighted by Gasteiger charge is -2.14. The molecule has 2 aromatic carbocycles. The van der Waals surface area contributed by atoms with E-state index in [1.54, 1.807) is 24.3 Å². The van der Waals surface area contributed by atoms with Gasteiger partial charge in [0.25, 0.3) is 11.8 Å². The highest BCUT2D eigenvalue weighted by Gasteiger charge is 2.33. The molecule has 1 aliphatic heterocycles. The zero-order valence-electron chi connectivity index (χ0n) is 14.1. The molecule has 0 atom stereocenters. The van der Waals surface area contributed by atoms with Crippen LogP contribution in [0.2, 0.25) is 0 Å². The maximum Gasteiger partial charge on any atom is 0.259 e. The molecule has 0 saturated carbocycles. The molecule has 1 heterocycles. The van der Waals surface area contributed by atoms with Crippen molar-refractivity contribution in [2.45, 2.75) is 0 Å². The van der Waals surface area contributed by atoms with Crippen LogP contribution in [-0.4, -0.2) is 33.1 Å². The van der Waals surface area contributed by atoms with Gasteiger partial charge in [0, 0.05) is 0 Å². The van der Waals surface area contributed by atoms with Gasteiger partial charge >= 0.3 is 0 Å². The Kier molecular flexibility index (Phi) is 4.43. The molecule has 0 unspecified atom stereocenters. The number of carbonyl (C=O) groups is 2. The van der Waals surface area contributed by atoms with Crippen molar-refractivity contribution in [1.82, 2.24) is 5.32 Å². The van der Waals surface area contributed by atoms with E-state index in [9.17, 15) is 9.59 Å². The summed E-state index contributed by atoms with van der Waals surface area (Å²) in [5.41, 5.74) is 1.77. The van der Waals surface area contributed by atoms with E-state index in [-0.39, 0.29) is 5.57 Å². The van der Waals surface area contributed by atoms with Gasteiger partial charge in [-0.1, -0.05) is 30.3 Å². The lowest BCUT2D eigenvalue weighted by molar-refractivity contribution is -0.122. The zero-order valence-corrected chi connectivity index (χ0v) is 14.1. The Hall–Kier alpha value is -3.28. The van der Waals surface area contributed by atoms with Crippen LogP contribution >= 0.6 is 0 Å². The van der Waals surface area contributed by atoms with E-state index < -0.39 is 11.8 Å². The number of nitrogens with one attached hydrogen (secondary N) is 1. The minimum atomic E-state index is -0.460. The lowest BCUT2D eigenvalue weighted by Crippen LogP contribution is -2.22. The van der Waals surface area contributed by atoms with Crippen molar-refractivity contribution in [2.24, 2.45) is 0 Å². The van der Waals surface area contributed by atoms with Crippen LogP contribution in [0, 0.1) is 0 Å². The number of carbonyl (C=O) groups excluding carboxylic acids is 2. The second kappa shape index (κ2) is 6.68. The van der Waals surface area contributed by atoms with Gasteiger partial charge in [0.15, 0.2) is 11.5 Å². The van der Waals surface area contributed by atoms with Gasteiger partial charge < -0.3 is 14.2 Å². The molecule has 1 N–H and O–H groups in total. The monoisotopic (exact) mass is 339 g/mol. The van der Waals surface area contributed by atoms with Crippen LogP contribution in [0.25, 0.3) is 11.1 Å². The SMILES string of the molecule is COc1cc(C2=C(c3ccccc3)C(=O)NC2=O)cc(OC)c1OC. The Balaban J connectivity index is 2.27. The van der Waals surface area contributed by atoms with Gasteiger partial charge in [0.1, 0.15) is 0 Å². The van der Waals surface area contributed by atoms with E-state index >= 15 is 0 Å². The largest absolute Gasteiger partial charge is 0.493 e. The number of methoxy groups -OCH3 is 3. The van der Waals surface area contributed by atoms with Crippen molar-refractivity contribution in [3.05, 3.63) is 53.6 Å². The summed E-state index contributed by atoms with van der Waals surface area (Å²) in [5, 5.41) is 2.35. The Labute approximate surface area is 145 Å². The first-order chi connectivity index (χ1) is 12.1. The number of benzene rings is 2. The van der Waals surface area contributed by atoms with E-state index in [0.717, 1.165) is 0 Å². The van der Waals surface area contributed by atoms with Crippen molar-refractivity contribution >= 4 is 23.0 Å². The molecule has 0 aliphatic carbocycles. The molecular weight excluding hydrogens is 322 g/mol. The number of rotatable bonds is 5. The first-order valence-electron chi connectivity index (χ1n) is 7.56. The summed E-state index contributed by atoms with van der Waals surface area (Å²) in [6, 6.07) is 12.3. The van der Waals surface area contributed by atoms with Crippen LogP contribution in [0.3, 0.4) is 0 Å². The minimum absolute atomic E-state index is 0.274. The second-order valence-electron chi connectivity index (χ2n) is 5.31. The van der Waals surface area contributed by atoms with E-state index in [2.05, 4.69) is 5.32 Å². The van der Waals surface area contributed by atoms with Gasteiger partial charge in [0.2, 0.25) is 5.75 Å². The van der Waals surface area contributed by atoms with E-state index in [1.807, 2.05) is 18.2 Å². The molecule has 0 saturated heterocycles. The standard InChI is InChI=1S/C19H17NO5/c1-23-13-9-12(10-14(24-2)17(13)25-3)16-15(18(21)20-19(16)22)11-7-5-4-6-8-11/h4-10H,1-3H3,(H,20,21,22). The topological polar surface area (TPSA) is 73.9 Å². The third-order valence-electron chi connectivity index (χ3n) is 3.95.